The number of carbonyl (C=O) groups excluding carboxylic acids is 2. The Bertz CT molecular complexity index is 1650. The van der Waals surface area contributed by atoms with Gasteiger partial charge in [0, 0.05) is 43.1 Å². The van der Waals surface area contributed by atoms with Crippen LogP contribution in [0.15, 0.2) is 84.0 Å². The van der Waals surface area contributed by atoms with Crippen molar-refractivity contribution in [3.63, 3.8) is 0 Å². The standard InChI is InChI=1S/C30H29N3O7S/c1-3-33-14-13-27(29(33)34)40-24-16-21(15-23(17-24)39-22-9-12-28(31-18-22)41(2,36)37)25-10-11-26(32-25)30(35)38-19-20-7-5-4-6-8-20/h4-12,15-18,27,32H,3,13-14,19H2,1-2H3. The zero-order valence-electron chi connectivity index (χ0n) is 22.6. The molecule has 1 unspecified atom stereocenters. The maximum atomic E-state index is 12.7. The van der Waals surface area contributed by atoms with E-state index in [1.54, 1.807) is 35.2 Å². The van der Waals surface area contributed by atoms with Crippen molar-refractivity contribution in [1.29, 1.82) is 0 Å². The number of nitrogens with one attached hydrogen (secondary N) is 1. The number of sulfone groups is 1. The van der Waals surface area contributed by atoms with E-state index in [-0.39, 0.29) is 23.2 Å². The van der Waals surface area contributed by atoms with E-state index < -0.39 is 21.9 Å². The minimum absolute atomic E-state index is 0.0686. The van der Waals surface area contributed by atoms with Gasteiger partial charge in [0.1, 0.15) is 29.5 Å². The van der Waals surface area contributed by atoms with Crippen molar-refractivity contribution in [3.8, 4) is 28.5 Å². The number of benzene rings is 2. The average Bonchev–Trinajstić information content (AvgIpc) is 3.59. The number of rotatable bonds is 10. The molecule has 11 heteroatoms. The van der Waals surface area contributed by atoms with Gasteiger partial charge < -0.3 is 24.1 Å². The molecule has 5 rings (SSSR count). The summed E-state index contributed by atoms with van der Waals surface area (Å²) >= 11 is 0. The molecule has 212 valence electrons. The molecule has 1 aliphatic rings. The molecule has 1 N–H and O–H groups in total. The number of likely N-dealkylation sites (tertiary alicyclic amines) is 1. The predicted molar refractivity (Wildman–Crippen MR) is 150 cm³/mol. The first-order valence-corrected chi connectivity index (χ1v) is 14.9. The van der Waals surface area contributed by atoms with E-state index in [4.69, 9.17) is 14.2 Å². The fourth-order valence-corrected chi connectivity index (χ4v) is 4.98. The lowest BCUT2D eigenvalue weighted by molar-refractivity contribution is -0.133. The number of carbonyl (C=O) groups is 2. The Labute approximate surface area is 237 Å². The van der Waals surface area contributed by atoms with E-state index in [1.165, 1.54) is 18.3 Å². The van der Waals surface area contributed by atoms with Crippen LogP contribution in [0.5, 0.6) is 17.2 Å². The van der Waals surface area contributed by atoms with Gasteiger partial charge in [0.25, 0.3) is 5.91 Å². The number of hydrogen-bond acceptors (Lipinski definition) is 8. The molecule has 0 aliphatic carbocycles. The minimum Gasteiger partial charge on any atom is -0.480 e. The quantitative estimate of drug-likeness (QED) is 0.271. The first kappa shape index (κ1) is 27.9. The van der Waals surface area contributed by atoms with E-state index in [0.29, 0.717) is 48.0 Å². The third-order valence-electron chi connectivity index (χ3n) is 6.54. The maximum Gasteiger partial charge on any atom is 0.355 e. The van der Waals surface area contributed by atoms with Gasteiger partial charge in [-0.2, -0.15) is 0 Å². The Morgan fingerprint density at radius 3 is 2.49 bits per heavy atom. The molecule has 41 heavy (non-hydrogen) atoms. The number of pyridine rings is 1. The lowest BCUT2D eigenvalue weighted by atomic mass is 10.1. The van der Waals surface area contributed by atoms with Crippen molar-refractivity contribution < 1.29 is 32.2 Å². The number of hydrogen-bond donors (Lipinski definition) is 1. The highest BCUT2D eigenvalue weighted by molar-refractivity contribution is 7.90. The van der Waals surface area contributed by atoms with Gasteiger partial charge in [-0.3, -0.25) is 4.79 Å². The second-order valence-electron chi connectivity index (χ2n) is 9.56. The Hall–Kier alpha value is -4.64. The molecule has 0 saturated carbocycles. The molecule has 3 heterocycles. The van der Waals surface area contributed by atoms with E-state index in [1.807, 2.05) is 37.3 Å². The molecule has 10 nitrogen and oxygen atoms in total. The fraction of sp³-hybridized carbons (Fsp3) is 0.233. The molecule has 4 aromatic rings. The minimum atomic E-state index is -3.46. The zero-order valence-corrected chi connectivity index (χ0v) is 23.4. The van der Waals surface area contributed by atoms with Crippen LogP contribution in [0.3, 0.4) is 0 Å². The summed E-state index contributed by atoms with van der Waals surface area (Å²) in [5.41, 5.74) is 2.39. The van der Waals surface area contributed by atoms with E-state index in [0.717, 1.165) is 11.8 Å². The number of esters is 1. The number of H-pyrrole nitrogens is 1. The van der Waals surface area contributed by atoms with E-state index in [9.17, 15) is 18.0 Å². The second-order valence-corrected chi connectivity index (χ2v) is 11.5. The molecule has 2 aromatic carbocycles. The average molecular weight is 576 g/mol. The summed E-state index contributed by atoms with van der Waals surface area (Å²) in [6, 6.07) is 20.8. The van der Waals surface area contributed by atoms with Crippen molar-refractivity contribution in [2.75, 3.05) is 19.3 Å². The summed E-state index contributed by atoms with van der Waals surface area (Å²) in [7, 11) is -3.46. The number of amides is 1. The Kier molecular flexibility index (Phi) is 8.06. The van der Waals surface area contributed by atoms with Gasteiger partial charge >= 0.3 is 5.97 Å². The maximum absolute atomic E-state index is 12.7. The van der Waals surface area contributed by atoms with Crippen LogP contribution in [0, 0.1) is 0 Å². The first-order chi connectivity index (χ1) is 19.7. The van der Waals surface area contributed by atoms with Crippen LogP contribution in [-0.4, -0.2) is 60.6 Å². The van der Waals surface area contributed by atoms with Crippen molar-refractivity contribution in [2.45, 2.75) is 31.1 Å². The van der Waals surface area contributed by atoms with Crippen LogP contribution in [0.1, 0.15) is 29.4 Å². The fourth-order valence-electron chi connectivity index (χ4n) is 4.42. The largest absolute Gasteiger partial charge is 0.480 e. The van der Waals surface area contributed by atoms with Crippen LogP contribution in [0.2, 0.25) is 0 Å². The zero-order chi connectivity index (χ0) is 29.0. The molecule has 0 bridgehead atoms. The molecule has 0 radical (unpaired) electrons. The van der Waals surface area contributed by atoms with Crippen LogP contribution in [0.25, 0.3) is 11.3 Å². The third-order valence-corrected chi connectivity index (χ3v) is 7.54. The van der Waals surface area contributed by atoms with Crippen LogP contribution >= 0.6 is 0 Å². The molecule has 1 atom stereocenters. The Balaban J connectivity index is 1.40. The molecule has 1 amide bonds. The van der Waals surface area contributed by atoms with Crippen LogP contribution in [-0.2, 0) is 26.0 Å². The van der Waals surface area contributed by atoms with Crippen molar-refractivity contribution in [1.82, 2.24) is 14.9 Å². The normalized spacial score (nSPS) is 15.1. The SMILES string of the molecule is CCN1CCC(Oc2cc(Oc3ccc(S(C)(=O)=O)nc3)cc(-c3ccc(C(=O)OCc4ccccc4)[nH]3)c2)C1=O. The molecule has 1 saturated heterocycles. The summed E-state index contributed by atoms with van der Waals surface area (Å²) in [6.45, 7) is 3.29. The van der Waals surface area contributed by atoms with Crippen LogP contribution in [0.4, 0.5) is 0 Å². The van der Waals surface area contributed by atoms with Gasteiger partial charge in [-0.15, -0.1) is 0 Å². The molecular weight excluding hydrogens is 546 g/mol. The smallest absolute Gasteiger partial charge is 0.355 e. The van der Waals surface area contributed by atoms with Gasteiger partial charge in [0.15, 0.2) is 21.0 Å². The molecular formula is C30H29N3O7S. The van der Waals surface area contributed by atoms with Gasteiger partial charge in [-0.25, -0.2) is 18.2 Å². The first-order valence-electron chi connectivity index (χ1n) is 13.0. The summed E-state index contributed by atoms with van der Waals surface area (Å²) in [4.78, 5) is 34.1. The number of aromatic nitrogens is 2. The van der Waals surface area contributed by atoms with Crippen molar-refractivity contribution in [2.24, 2.45) is 0 Å². The highest BCUT2D eigenvalue weighted by atomic mass is 32.2. The van der Waals surface area contributed by atoms with Gasteiger partial charge in [0.2, 0.25) is 0 Å². The van der Waals surface area contributed by atoms with E-state index in [2.05, 4.69) is 9.97 Å². The van der Waals surface area contributed by atoms with Crippen molar-refractivity contribution >= 4 is 21.7 Å². The highest BCUT2D eigenvalue weighted by Gasteiger charge is 2.32. The number of likely N-dealkylation sites (N-methyl/N-ethyl adjacent to an activating group) is 1. The monoisotopic (exact) mass is 575 g/mol. The third kappa shape index (κ3) is 6.75. The molecule has 2 aromatic heterocycles. The second kappa shape index (κ2) is 11.8. The van der Waals surface area contributed by atoms with Gasteiger partial charge in [-0.05, 0) is 48.9 Å². The van der Waals surface area contributed by atoms with Gasteiger partial charge in [-0.1, -0.05) is 30.3 Å². The number of nitrogens with zero attached hydrogens (tertiary/aromatic N) is 2. The lowest BCUT2D eigenvalue weighted by Gasteiger charge is -2.16. The van der Waals surface area contributed by atoms with E-state index >= 15 is 0 Å². The summed E-state index contributed by atoms with van der Waals surface area (Å²) in [5, 5.41) is -0.0686. The predicted octanol–water partition coefficient (Wildman–Crippen LogP) is 4.63. The van der Waals surface area contributed by atoms with Gasteiger partial charge in [0.05, 0.1) is 6.20 Å². The lowest BCUT2D eigenvalue weighted by Crippen LogP contribution is -2.32. The summed E-state index contributed by atoms with van der Waals surface area (Å²) in [5.74, 6) is 0.497. The van der Waals surface area contributed by atoms with Crippen LogP contribution < -0.4 is 9.47 Å². The molecule has 1 fully saturated rings. The number of ether oxygens (including phenoxy) is 3. The molecule has 1 aliphatic heterocycles. The number of aromatic amines is 1. The summed E-state index contributed by atoms with van der Waals surface area (Å²) < 4.78 is 41.0. The Morgan fingerprint density at radius 2 is 1.80 bits per heavy atom. The Morgan fingerprint density at radius 1 is 1.02 bits per heavy atom. The van der Waals surface area contributed by atoms with Crippen molar-refractivity contribution in [3.05, 3.63) is 90.3 Å². The highest BCUT2D eigenvalue weighted by Crippen LogP contribution is 2.34. The molecule has 0 spiro atoms. The topological polar surface area (TPSA) is 128 Å². The summed E-state index contributed by atoms with van der Waals surface area (Å²) in [6.07, 6.45) is 2.33.